The number of nitrogens with zero attached hydrogens (tertiary/aromatic N) is 1. The molecule has 0 saturated carbocycles. The Kier molecular flexibility index (Phi) is 6.77. The van der Waals surface area contributed by atoms with E-state index in [1.807, 2.05) is 0 Å². The minimum Gasteiger partial charge on any atom is -0.351 e. The number of rotatable bonds is 4. The highest BCUT2D eigenvalue weighted by Gasteiger charge is 2.12. The largest absolute Gasteiger partial charge is 0.351 e. The van der Waals surface area contributed by atoms with Gasteiger partial charge < -0.3 is 10.6 Å². The first-order valence-corrected chi connectivity index (χ1v) is 6.23. The van der Waals surface area contributed by atoms with E-state index in [9.17, 15) is 9.18 Å². The molecule has 6 heteroatoms. The van der Waals surface area contributed by atoms with E-state index in [-0.39, 0.29) is 23.9 Å². The average molecular weight is 288 g/mol. The van der Waals surface area contributed by atoms with Gasteiger partial charge in [-0.25, -0.2) is 4.39 Å². The second kappa shape index (κ2) is 8.09. The summed E-state index contributed by atoms with van der Waals surface area (Å²) in [6.45, 7) is 5.32. The number of hydrogen-bond acceptors (Lipinski definition) is 3. The fraction of sp³-hybridized carbons (Fsp3) is 0.462. The number of nitrogens with one attached hydrogen (secondary N) is 2. The monoisotopic (exact) mass is 287 g/mol. The Bertz CT molecular complexity index is 411. The third-order valence-corrected chi connectivity index (χ3v) is 3.04. The molecule has 0 aromatic heterocycles. The van der Waals surface area contributed by atoms with E-state index >= 15 is 0 Å². The van der Waals surface area contributed by atoms with Gasteiger partial charge in [-0.15, -0.1) is 12.4 Å². The lowest BCUT2D eigenvalue weighted by atomic mass is 10.2. The molecule has 0 atom stereocenters. The summed E-state index contributed by atoms with van der Waals surface area (Å²) >= 11 is 0. The van der Waals surface area contributed by atoms with Crippen LogP contribution in [0.3, 0.4) is 0 Å². The van der Waals surface area contributed by atoms with Gasteiger partial charge >= 0.3 is 0 Å². The van der Waals surface area contributed by atoms with Gasteiger partial charge in [0.1, 0.15) is 5.82 Å². The van der Waals surface area contributed by atoms with Crippen molar-refractivity contribution in [1.29, 1.82) is 0 Å². The Balaban J connectivity index is 0.00000180. The number of hydrogen-bond donors (Lipinski definition) is 2. The van der Waals surface area contributed by atoms with Crippen LogP contribution in [0, 0.1) is 5.82 Å². The molecule has 19 heavy (non-hydrogen) atoms. The molecule has 0 spiro atoms. The first-order valence-electron chi connectivity index (χ1n) is 6.23. The SMILES string of the molecule is Cl.O=C(NCCN1CCNCC1)c1ccccc1F. The van der Waals surface area contributed by atoms with Crippen molar-refractivity contribution in [2.24, 2.45) is 0 Å². The predicted molar refractivity (Wildman–Crippen MR) is 75.3 cm³/mol. The van der Waals surface area contributed by atoms with Crippen LogP contribution in [0.1, 0.15) is 10.4 Å². The van der Waals surface area contributed by atoms with Crippen molar-refractivity contribution in [3.8, 4) is 0 Å². The summed E-state index contributed by atoms with van der Waals surface area (Å²) in [6, 6.07) is 6.03. The molecule has 1 fully saturated rings. The Morgan fingerprint density at radius 3 is 2.68 bits per heavy atom. The fourth-order valence-corrected chi connectivity index (χ4v) is 2.00. The van der Waals surface area contributed by atoms with Crippen molar-refractivity contribution in [1.82, 2.24) is 15.5 Å². The maximum Gasteiger partial charge on any atom is 0.254 e. The van der Waals surface area contributed by atoms with E-state index in [1.54, 1.807) is 12.1 Å². The summed E-state index contributed by atoms with van der Waals surface area (Å²) in [5, 5.41) is 6.01. The van der Waals surface area contributed by atoms with Gasteiger partial charge in [-0.05, 0) is 12.1 Å². The van der Waals surface area contributed by atoms with E-state index in [0.717, 1.165) is 32.7 Å². The van der Waals surface area contributed by atoms with Crippen LogP contribution in [0.5, 0.6) is 0 Å². The van der Waals surface area contributed by atoms with Gasteiger partial charge in [0.15, 0.2) is 0 Å². The van der Waals surface area contributed by atoms with Crippen molar-refractivity contribution >= 4 is 18.3 Å². The molecule has 2 N–H and O–H groups in total. The molecule has 1 aromatic carbocycles. The van der Waals surface area contributed by atoms with Gasteiger partial charge in [0, 0.05) is 39.3 Å². The molecule has 1 aliphatic heterocycles. The lowest BCUT2D eigenvalue weighted by Crippen LogP contribution is -2.46. The topological polar surface area (TPSA) is 44.4 Å². The molecule has 0 bridgehead atoms. The van der Waals surface area contributed by atoms with Gasteiger partial charge in [0.2, 0.25) is 0 Å². The maximum absolute atomic E-state index is 13.3. The van der Waals surface area contributed by atoms with Crippen molar-refractivity contribution < 1.29 is 9.18 Å². The van der Waals surface area contributed by atoms with E-state index in [2.05, 4.69) is 15.5 Å². The van der Waals surface area contributed by atoms with Crippen LogP contribution in [0.4, 0.5) is 4.39 Å². The number of carbonyl (C=O) groups is 1. The average Bonchev–Trinajstić information content (AvgIpc) is 2.40. The van der Waals surface area contributed by atoms with Gasteiger partial charge in [0.25, 0.3) is 5.91 Å². The number of piperazine rings is 1. The highest BCUT2D eigenvalue weighted by Crippen LogP contribution is 2.05. The van der Waals surface area contributed by atoms with Crippen molar-refractivity contribution in [3.05, 3.63) is 35.6 Å². The predicted octanol–water partition coefficient (Wildman–Crippen LogP) is 0.882. The molecule has 1 heterocycles. The molecule has 1 aliphatic rings. The van der Waals surface area contributed by atoms with Crippen LogP contribution in [0.25, 0.3) is 0 Å². The summed E-state index contributed by atoms with van der Waals surface area (Å²) in [5.41, 5.74) is 0.109. The van der Waals surface area contributed by atoms with Crippen LogP contribution >= 0.6 is 12.4 Å². The van der Waals surface area contributed by atoms with Gasteiger partial charge in [-0.1, -0.05) is 12.1 Å². The molecule has 0 aliphatic carbocycles. The third kappa shape index (κ3) is 4.78. The summed E-state index contributed by atoms with van der Waals surface area (Å²) in [6.07, 6.45) is 0. The van der Waals surface area contributed by atoms with Crippen molar-refractivity contribution in [2.75, 3.05) is 39.3 Å². The van der Waals surface area contributed by atoms with E-state index in [4.69, 9.17) is 0 Å². The summed E-state index contributed by atoms with van der Waals surface area (Å²) in [4.78, 5) is 14.0. The molecular weight excluding hydrogens is 269 g/mol. The van der Waals surface area contributed by atoms with E-state index in [0.29, 0.717) is 6.54 Å². The lowest BCUT2D eigenvalue weighted by Gasteiger charge is -2.27. The summed E-state index contributed by atoms with van der Waals surface area (Å²) in [5.74, 6) is -0.819. The quantitative estimate of drug-likeness (QED) is 0.864. The number of halogens is 2. The lowest BCUT2D eigenvalue weighted by molar-refractivity contribution is 0.0943. The third-order valence-electron chi connectivity index (χ3n) is 3.04. The zero-order valence-electron chi connectivity index (χ0n) is 10.7. The molecular formula is C13H19ClFN3O. The Labute approximate surface area is 118 Å². The fourth-order valence-electron chi connectivity index (χ4n) is 2.00. The zero-order chi connectivity index (χ0) is 12.8. The molecule has 0 unspecified atom stereocenters. The standard InChI is InChI=1S/C13H18FN3O.ClH/c14-12-4-2-1-3-11(12)13(18)16-7-10-17-8-5-15-6-9-17;/h1-4,15H,5-10H2,(H,16,18);1H. The zero-order valence-corrected chi connectivity index (χ0v) is 11.5. The molecule has 1 saturated heterocycles. The Morgan fingerprint density at radius 1 is 1.32 bits per heavy atom. The molecule has 2 rings (SSSR count). The molecule has 106 valence electrons. The van der Waals surface area contributed by atoms with Crippen LogP contribution in [0.15, 0.2) is 24.3 Å². The number of benzene rings is 1. The van der Waals surface area contributed by atoms with Crippen LogP contribution in [-0.2, 0) is 0 Å². The van der Waals surface area contributed by atoms with Crippen molar-refractivity contribution in [3.63, 3.8) is 0 Å². The maximum atomic E-state index is 13.3. The second-order valence-electron chi connectivity index (χ2n) is 4.33. The van der Waals surface area contributed by atoms with Crippen molar-refractivity contribution in [2.45, 2.75) is 0 Å². The molecule has 1 aromatic rings. The minimum atomic E-state index is -0.475. The van der Waals surface area contributed by atoms with Crippen LogP contribution in [-0.4, -0.2) is 50.1 Å². The second-order valence-corrected chi connectivity index (χ2v) is 4.33. The molecule has 0 radical (unpaired) electrons. The highest BCUT2D eigenvalue weighted by atomic mass is 35.5. The number of carbonyl (C=O) groups excluding carboxylic acids is 1. The van der Waals surface area contributed by atoms with Crippen LogP contribution < -0.4 is 10.6 Å². The van der Waals surface area contributed by atoms with E-state index < -0.39 is 5.82 Å². The first-order chi connectivity index (χ1) is 8.77. The van der Waals surface area contributed by atoms with Gasteiger partial charge in [-0.2, -0.15) is 0 Å². The van der Waals surface area contributed by atoms with Gasteiger partial charge in [-0.3, -0.25) is 9.69 Å². The number of amides is 1. The van der Waals surface area contributed by atoms with Gasteiger partial charge in [0.05, 0.1) is 5.56 Å². The Hall–Kier alpha value is -1.17. The Morgan fingerprint density at radius 2 is 2.00 bits per heavy atom. The first kappa shape index (κ1) is 15.9. The minimum absolute atomic E-state index is 0. The van der Waals surface area contributed by atoms with E-state index in [1.165, 1.54) is 12.1 Å². The molecule has 4 nitrogen and oxygen atoms in total. The molecule has 1 amide bonds. The highest BCUT2D eigenvalue weighted by molar-refractivity contribution is 5.94. The smallest absolute Gasteiger partial charge is 0.254 e. The summed E-state index contributed by atoms with van der Waals surface area (Å²) < 4.78 is 13.3. The normalized spacial score (nSPS) is 15.6. The summed E-state index contributed by atoms with van der Waals surface area (Å²) in [7, 11) is 0. The van der Waals surface area contributed by atoms with Crippen LogP contribution in [0.2, 0.25) is 0 Å².